The smallest absolute Gasteiger partial charge is 0.274 e. The fourth-order valence-corrected chi connectivity index (χ4v) is 2.86. The quantitative estimate of drug-likeness (QED) is 0.915. The van der Waals surface area contributed by atoms with Gasteiger partial charge in [-0.25, -0.2) is 0 Å². The second-order valence-electron chi connectivity index (χ2n) is 5.61. The van der Waals surface area contributed by atoms with Crippen molar-refractivity contribution in [2.45, 2.75) is 19.3 Å². The Morgan fingerprint density at radius 3 is 2.70 bits per heavy atom. The van der Waals surface area contributed by atoms with E-state index in [2.05, 4.69) is 15.5 Å². The molecular formula is C17H19ClN4O. The van der Waals surface area contributed by atoms with Crippen LogP contribution >= 0.6 is 11.6 Å². The van der Waals surface area contributed by atoms with E-state index in [0.29, 0.717) is 11.5 Å². The molecule has 0 saturated carbocycles. The molecule has 0 aliphatic carbocycles. The summed E-state index contributed by atoms with van der Waals surface area (Å²) >= 11 is 5.96. The number of aromatic nitrogens is 2. The predicted molar refractivity (Wildman–Crippen MR) is 90.8 cm³/mol. The van der Waals surface area contributed by atoms with Crippen molar-refractivity contribution in [3.63, 3.8) is 0 Å². The van der Waals surface area contributed by atoms with E-state index in [-0.39, 0.29) is 5.91 Å². The van der Waals surface area contributed by atoms with Crippen molar-refractivity contribution < 1.29 is 4.79 Å². The third-order valence-corrected chi connectivity index (χ3v) is 4.12. The van der Waals surface area contributed by atoms with Crippen LogP contribution in [0.15, 0.2) is 36.4 Å². The second-order valence-corrected chi connectivity index (χ2v) is 6.05. The number of benzene rings is 1. The molecule has 1 aliphatic heterocycles. The van der Waals surface area contributed by atoms with Gasteiger partial charge in [0.15, 0.2) is 5.69 Å². The molecule has 1 fully saturated rings. The van der Waals surface area contributed by atoms with Gasteiger partial charge < -0.3 is 10.2 Å². The number of carbonyl (C=O) groups is 1. The van der Waals surface area contributed by atoms with E-state index in [9.17, 15) is 4.79 Å². The van der Waals surface area contributed by atoms with Gasteiger partial charge in [0, 0.05) is 24.7 Å². The van der Waals surface area contributed by atoms with Crippen molar-refractivity contribution in [3.8, 4) is 0 Å². The molecule has 1 N–H and O–H groups in total. The molecule has 0 atom stereocenters. The minimum absolute atomic E-state index is 0.0273. The van der Waals surface area contributed by atoms with E-state index < -0.39 is 0 Å². The van der Waals surface area contributed by atoms with Gasteiger partial charge in [-0.05, 0) is 49.1 Å². The Hall–Kier alpha value is -2.14. The predicted octanol–water partition coefficient (Wildman–Crippen LogP) is 3.02. The summed E-state index contributed by atoms with van der Waals surface area (Å²) < 4.78 is 0. The standard InChI is InChI=1S/C17H19ClN4O/c18-14-5-3-4-13(12-14)8-9-19-16-7-6-15(20-21-16)17(23)22-10-1-2-11-22/h3-7,12H,1-2,8-11H2,(H,19,21). The zero-order valence-electron chi connectivity index (χ0n) is 12.8. The number of halogens is 1. The summed E-state index contributed by atoms with van der Waals surface area (Å²) in [5, 5.41) is 12.1. The molecule has 1 aromatic carbocycles. The Balaban J connectivity index is 1.52. The van der Waals surface area contributed by atoms with Crippen molar-refractivity contribution >= 4 is 23.3 Å². The molecule has 120 valence electrons. The van der Waals surface area contributed by atoms with Crippen molar-refractivity contribution in [2.24, 2.45) is 0 Å². The highest BCUT2D eigenvalue weighted by atomic mass is 35.5. The average molecular weight is 331 g/mol. The summed E-state index contributed by atoms with van der Waals surface area (Å²) in [4.78, 5) is 14.0. The fraction of sp³-hybridized carbons (Fsp3) is 0.353. The molecule has 0 spiro atoms. The Bertz CT molecular complexity index is 669. The third-order valence-electron chi connectivity index (χ3n) is 3.89. The Labute approximate surface area is 140 Å². The summed E-state index contributed by atoms with van der Waals surface area (Å²) in [5.41, 5.74) is 1.58. The lowest BCUT2D eigenvalue weighted by Crippen LogP contribution is -2.28. The molecule has 5 nitrogen and oxygen atoms in total. The van der Waals surface area contributed by atoms with Crippen molar-refractivity contribution in [1.29, 1.82) is 0 Å². The maximum atomic E-state index is 12.2. The van der Waals surface area contributed by atoms with E-state index in [1.807, 2.05) is 29.2 Å². The first-order chi connectivity index (χ1) is 11.2. The van der Waals surface area contributed by atoms with Crippen LogP contribution in [0.4, 0.5) is 5.82 Å². The lowest BCUT2D eigenvalue weighted by atomic mass is 10.1. The molecular weight excluding hydrogens is 312 g/mol. The summed E-state index contributed by atoms with van der Waals surface area (Å²) in [6.45, 7) is 2.37. The Morgan fingerprint density at radius 2 is 2.00 bits per heavy atom. The van der Waals surface area contributed by atoms with Crippen LogP contribution in [0, 0.1) is 0 Å². The van der Waals surface area contributed by atoms with Gasteiger partial charge in [0.2, 0.25) is 0 Å². The number of hydrogen-bond donors (Lipinski definition) is 1. The molecule has 1 aromatic heterocycles. The SMILES string of the molecule is O=C(c1ccc(NCCc2cccc(Cl)c2)nn1)N1CCCC1. The fourth-order valence-electron chi connectivity index (χ4n) is 2.65. The van der Waals surface area contributed by atoms with E-state index in [1.165, 1.54) is 5.56 Å². The maximum Gasteiger partial charge on any atom is 0.274 e. The van der Waals surface area contributed by atoms with Crippen molar-refractivity contribution in [1.82, 2.24) is 15.1 Å². The number of nitrogens with one attached hydrogen (secondary N) is 1. The molecule has 1 amide bonds. The second kappa shape index (κ2) is 7.42. The zero-order valence-corrected chi connectivity index (χ0v) is 13.6. The lowest BCUT2D eigenvalue weighted by Gasteiger charge is -2.14. The van der Waals surface area contributed by atoms with Crippen LogP contribution in [-0.4, -0.2) is 40.6 Å². The molecule has 0 unspecified atom stereocenters. The van der Waals surface area contributed by atoms with E-state index >= 15 is 0 Å². The van der Waals surface area contributed by atoms with Gasteiger partial charge in [0.25, 0.3) is 5.91 Å². The molecule has 0 bridgehead atoms. The largest absolute Gasteiger partial charge is 0.368 e. The summed E-state index contributed by atoms with van der Waals surface area (Å²) in [7, 11) is 0. The Kier molecular flexibility index (Phi) is 5.08. The van der Waals surface area contributed by atoms with Gasteiger partial charge in [-0.1, -0.05) is 23.7 Å². The molecule has 6 heteroatoms. The van der Waals surface area contributed by atoms with Gasteiger partial charge in [-0.2, -0.15) is 0 Å². The highest BCUT2D eigenvalue weighted by Gasteiger charge is 2.20. The van der Waals surface area contributed by atoms with Gasteiger partial charge in [0.05, 0.1) is 0 Å². The van der Waals surface area contributed by atoms with Crippen LogP contribution in [-0.2, 0) is 6.42 Å². The molecule has 2 aromatic rings. The van der Waals surface area contributed by atoms with E-state index in [0.717, 1.165) is 43.9 Å². The Morgan fingerprint density at radius 1 is 1.17 bits per heavy atom. The summed E-state index contributed by atoms with van der Waals surface area (Å²) in [6, 6.07) is 11.3. The van der Waals surface area contributed by atoms with Crippen LogP contribution in [0.5, 0.6) is 0 Å². The number of rotatable bonds is 5. The topological polar surface area (TPSA) is 58.1 Å². The van der Waals surface area contributed by atoms with Crippen molar-refractivity contribution in [3.05, 3.63) is 52.7 Å². The third kappa shape index (κ3) is 4.20. The summed E-state index contributed by atoms with van der Waals surface area (Å²) in [5.74, 6) is 0.644. The highest BCUT2D eigenvalue weighted by Crippen LogP contribution is 2.13. The lowest BCUT2D eigenvalue weighted by molar-refractivity contribution is 0.0786. The molecule has 1 saturated heterocycles. The number of nitrogens with zero attached hydrogens (tertiary/aromatic N) is 3. The van der Waals surface area contributed by atoms with Crippen molar-refractivity contribution in [2.75, 3.05) is 25.0 Å². The number of hydrogen-bond acceptors (Lipinski definition) is 4. The zero-order chi connectivity index (χ0) is 16.1. The van der Waals surface area contributed by atoms with Gasteiger partial charge in [-0.15, -0.1) is 10.2 Å². The number of likely N-dealkylation sites (tertiary alicyclic amines) is 1. The average Bonchev–Trinajstić information content (AvgIpc) is 3.09. The van der Waals surface area contributed by atoms with Crippen LogP contribution in [0.2, 0.25) is 5.02 Å². The minimum atomic E-state index is -0.0273. The minimum Gasteiger partial charge on any atom is -0.368 e. The van der Waals surface area contributed by atoms with E-state index in [4.69, 9.17) is 11.6 Å². The number of carbonyl (C=O) groups excluding carboxylic acids is 1. The molecule has 2 heterocycles. The highest BCUT2D eigenvalue weighted by molar-refractivity contribution is 6.30. The monoisotopic (exact) mass is 330 g/mol. The first-order valence-corrected chi connectivity index (χ1v) is 8.21. The first kappa shape index (κ1) is 15.7. The van der Waals surface area contributed by atoms with Crippen LogP contribution in [0.3, 0.4) is 0 Å². The normalized spacial score (nSPS) is 14.0. The van der Waals surface area contributed by atoms with E-state index in [1.54, 1.807) is 12.1 Å². The van der Waals surface area contributed by atoms with Crippen LogP contribution in [0.25, 0.3) is 0 Å². The van der Waals surface area contributed by atoms with Crippen LogP contribution < -0.4 is 5.32 Å². The molecule has 23 heavy (non-hydrogen) atoms. The van der Waals surface area contributed by atoms with Gasteiger partial charge in [0.1, 0.15) is 5.82 Å². The first-order valence-electron chi connectivity index (χ1n) is 7.84. The van der Waals surface area contributed by atoms with Gasteiger partial charge >= 0.3 is 0 Å². The number of anilines is 1. The molecule has 1 aliphatic rings. The molecule has 3 rings (SSSR count). The van der Waals surface area contributed by atoms with Gasteiger partial charge in [-0.3, -0.25) is 4.79 Å². The number of amides is 1. The summed E-state index contributed by atoms with van der Waals surface area (Å²) in [6.07, 6.45) is 2.99. The maximum absolute atomic E-state index is 12.2. The van der Waals surface area contributed by atoms with Crippen LogP contribution in [0.1, 0.15) is 28.9 Å². The molecule has 0 radical (unpaired) electrons.